The Morgan fingerprint density at radius 1 is 1.37 bits per heavy atom. The number of para-hydroxylation sites is 1. The summed E-state index contributed by atoms with van der Waals surface area (Å²) in [7, 11) is -2.07. The Balaban J connectivity index is 2.62. The Labute approximate surface area is 110 Å². The molecule has 0 saturated carbocycles. The summed E-state index contributed by atoms with van der Waals surface area (Å²) in [4.78, 5) is 10.6. The third-order valence-corrected chi connectivity index (χ3v) is 4.60. The summed E-state index contributed by atoms with van der Waals surface area (Å²) >= 11 is 0. The fourth-order valence-electron chi connectivity index (χ4n) is 2.05. The molecule has 1 aromatic heterocycles. The minimum absolute atomic E-state index is 0.131. The van der Waals surface area contributed by atoms with Gasteiger partial charge in [0.05, 0.1) is 0 Å². The van der Waals surface area contributed by atoms with Crippen LogP contribution in [0.4, 0.5) is 0 Å². The Morgan fingerprint density at radius 2 is 2.00 bits per heavy atom. The minimum Gasteiger partial charge on any atom is -0.480 e. The maximum atomic E-state index is 12.2. The Kier molecular flexibility index (Phi) is 3.34. The molecule has 0 radical (unpaired) electrons. The van der Waals surface area contributed by atoms with Crippen molar-refractivity contribution in [3.8, 4) is 0 Å². The van der Waals surface area contributed by atoms with Crippen molar-refractivity contribution >= 4 is 26.9 Å². The number of carboxylic acid groups (broad SMARTS) is 1. The second-order valence-corrected chi connectivity index (χ2v) is 5.91. The van der Waals surface area contributed by atoms with Gasteiger partial charge in [-0.15, -0.1) is 0 Å². The zero-order chi connectivity index (χ0) is 14.2. The van der Waals surface area contributed by atoms with E-state index in [-0.39, 0.29) is 4.90 Å². The fourth-order valence-corrected chi connectivity index (χ4v) is 3.50. The molecule has 0 bridgehead atoms. The first kappa shape index (κ1) is 13.6. The molecule has 6 nitrogen and oxygen atoms in total. The second-order valence-electron chi connectivity index (χ2n) is 4.21. The van der Waals surface area contributed by atoms with Crippen molar-refractivity contribution in [2.24, 2.45) is 7.05 Å². The van der Waals surface area contributed by atoms with Gasteiger partial charge in [-0.25, -0.2) is 8.42 Å². The predicted octanol–water partition coefficient (Wildman–Crippen LogP) is 0.850. The zero-order valence-corrected chi connectivity index (χ0v) is 11.4. The molecule has 0 saturated heterocycles. The number of nitrogens with zero attached hydrogens (tertiary/aromatic N) is 1. The molecule has 1 heterocycles. The van der Waals surface area contributed by atoms with Crippen LogP contribution in [0.3, 0.4) is 0 Å². The van der Waals surface area contributed by atoms with Gasteiger partial charge in [-0.3, -0.25) is 4.79 Å². The molecule has 1 aromatic carbocycles. The summed E-state index contributed by atoms with van der Waals surface area (Å²) in [5, 5.41) is 9.16. The maximum Gasteiger partial charge on any atom is 0.318 e. The van der Waals surface area contributed by atoms with Crippen molar-refractivity contribution in [3.05, 3.63) is 30.0 Å². The highest BCUT2D eigenvalue weighted by Crippen LogP contribution is 2.28. The van der Waals surface area contributed by atoms with Gasteiger partial charge in [0, 0.05) is 23.6 Å². The summed E-state index contributed by atoms with van der Waals surface area (Å²) in [6, 6.07) is 7.09. The number of fused-ring (bicyclic) bond motifs is 1. The molecule has 0 aliphatic rings. The van der Waals surface area contributed by atoms with Crippen molar-refractivity contribution in [1.82, 2.24) is 9.29 Å². The van der Waals surface area contributed by atoms with E-state index < -0.39 is 22.5 Å². The summed E-state index contributed by atoms with van der Waals surface area (Å²) in [5.41, 5.74) is 1.36. The van der Waals surface area contributed by atoms with Crippen LogP contribution < -0.4 is 4.72 Å². The van der Waals surface area contributed by atoms with Crippen LogP contribution in [-0.4, -0.2) is 30.6 Å². The second kappa shape index (κ2) is 4.67. The highest BCUT2D eigenvalue weighted by Gasteiger charge is 2.24. The standard InChI is InChI=1S/C12H14N2O4S/c1-8-12(19(17,18)13-7-11(15)16)9-5-3-4-6-10(9)14(8)2/h3-6,13H,7H2,1-2H3,(H,15,16). The molecule has 2 rings (SSSR count). The molecule has 0 aliphatic carbocycles. The molecule has 0 amide bonds. The van der Waals surface area contributed by atoms with E-state index in [1.165, 1.54) is 0 Å². The Bertz CT molecular complexity index is 746. The molecule has 102 valence electrons. The van der Waals surface area contributed by atoms with Gasteiger partial charge in [0.25, 0.3) is 0 Å². The fraction of sp³-hybridized carbons (Fsp3) is 0.250. The molecule has 2 aromatic rings. The molecular formula is C12H14N2O4S. The summed E-state index contributed by atoms with van der Waals surface area (Å²) in [6.07, 6.45) is 0. The monoisotopic (exact) mass is 282 g/mol. The van der Waals surface area contributed by atoms with Gasteiger partial charge in [-0.2, -0.15) is 4.72 Å². The number of sulfonamides is 1. The minimum atomic E-state index is -3.84. The van der Waals surface area contributed by atoms with Crippen LogP contribution in [0.25, 0.3) is 10.9 Å². The molecule has 7 heteroatoms. The van der Waals surface area contributed by atoms with E-state index >= 15 is 0 Å². The Hall–Kier alpha value is -1.86. The van der Waals surface area contributed by atoms with Gasteiger partial charge < -0.3 is 9.67 Å². The van der Waals surface area contributed by atoms with Crippen molar-refractivity contribution in [3.63, 3.8) is 0 Å². The van der Waals surface area contributed by atoms with Crippen molar-refractivity contribution in [1.29, 1.82) is 0 Å². The SMILES string of the molecule is Cc1c(S(=O)(=O)NCC(=O)O)c2ccccc2n1C. The lowest BCUT2D eigenvalue weighted by atomic mass is 10.2. The summed E-state index contributed by atoms with van der Waals surface area (Å²) in [6.45, 7) is 1.06. The molecule has 0 aliphatic heterocycles. The van der Waals surface area contributed by atoms with Gasteiger partial charge in [-0.1, -0.05) is 18.2 Å². The smallest absolute Gasteiger partial charge is 0.318 e. The van der Waals surface area contributed by atoms with Crippen LogP contribution in [0, 0.1) is 6.92 Å². The van der Waals surface area contributed by atoms with E-state index in [2.05, 4.69) is 4.72 Å². The predicted molar refractivity (Wildman–Crippen MR) is 70.5 cm³/mol. The van der Waals surface area contributed by atoms with Crippen molar-refractivity contribution < 1.29 is 18.3 Å². The lowest BCUT2D eigenvalue weighted by Gasteiger charge is -2.05. The van der Waals surface area contributed by atoms with E-state index in [1.54, 1.807) is 30.7 Å². The molecule has 0 spiro atoms. The molecular weight excluding hydrogens is 268 g/mol. The van der Waals surface area contributed by atoms with Gasteiger partial charge in [0.15, 0.2) is 0 Å². The third-order valence-electron chi connectivity index (χ3n) is 3.02. The zero-order valence-electron chi connectivity index (χ0n) is 10.5. The molecule has 0 unspecified atom stereocenters. The first-order chi connectivity index (χ1) is 8.84. The molecule has 2 N–H and O–H groups in total. The van der Waals surface area contributed by atoms with Gasteiger partial charge in [0.2, 0.25) is 10.0 Å². The van der Waals surface area contributed by atoms with Crippen molar-refractivity contribution in [2.45, 2.75) is 11.8 Å². The molecule has 19 heavy (non-hydrogen) atoms. The van der Waals surface area contributed by atoms with E-state index in [0.29, 0.717) is 11.1 Å². The molecule has 0 atom stereocenters. The van der Waals surface area contributed by atoms with E-state index in [9.17, 15) is 13.2 Å². The van der Waals surface area contributed by atoms with Gasteiger partial charge >= 0.3 is 5.97 Å². The van der Waals surface area contributed by atoms with E-state index in [1.807, 2.05) is 12.1 Å². The largest absolute Gasteiger partial charge is 0.480 e. The first-order valence-electron chi connectivity index (χ1n) is 5.60. The highest BCUT2D eigenvalue weighted by atomic mass is 32.2. The number of carboxylic acids is 1. The highest BCUT2D eigenvalue weighted by molar-refractivity contribution is 7.89. The number of aliphatic carboxylic acids is 1. The maximum absolute atomic E-state index is 12.2. The number of benzene rings is 1. The quantitative estimate of drug-likeness (QED) is 0.870. The first-order valence-corrected chi connectivity index (χ1v) is 7.08. The topological polar surface area (TPSA) is 88.4 Å². The van der Waals surface area contributed by atoms with Crippen LogP contribution in [0.5, 0.6) is 0 Å². The van der Waals surface area contributed by atoms with Crippen LogP contribution in [0.2, 0.25) is 0 Å². The average Bonchev–Trinajstić information content (AvgIpc) is 2.61. The number of rotatable bonds is 4. The lowest BCUT2D eigenvalue weighted by Crippen LogP contribution is -2.29. The van der Waals surface area contributed by atoms with Crippen LogP contribution >= 0.6 is 0 Å². The number of hydrogen-bond donors (Lipinski definition) is 2. The number of aromatic nitrogens is 1. The number of nitrogens with one attached hydrogen (secondary N) is 1. The average molecular weight is 282 g/mol. The third kappa shape index (κ3) is 2.34. The number of carbonyl (C=O) groups is 1. The number of hydrogen-bond acceptors (Lipinski definition) is 3. The van der Waals surface area contributed by atoms with Crippen molar-refractivity contribution in [2.75, 3.05) is 6.54 Å². The normalized spacial score (nSPS) is 11.9. The van der Waals surface area contributed by atoms with Crippen LogP contribution in [0.1, 0.15) is 5.69 Å². The van der Waals surface area contributed by atoms with E-state index in [0.717, 1.165) is 5.52 Å². The summed E-state index contributed by atoms with van der Waals surface area (Å²) in [5.74, 6) is -1.22. The summed E-state index contributed by atoms with van der Waals surface area (Å²) < 4.78 is 28.2. The van der Waals surface area contributed by atoms with Gasteiger partial charge in [-0.05, 0) is 13.0 Å². The van der Waals surface area contributed by atoms with Crippen LogP contribution in [-0.2, 0) is 21.9 Å². The van der Waals surface area contributed by atoms with Gasteiger partial charge in [0.1, 0.15) is 11.4 Å². The number of aryl methyl sites for hydroxylation is 1. The molecule has 0 fully saturated rings. The Morgan fingerprint density at radius 3 is 2.63 bits per heavy atom. The van der Waals surface area contributed by atoms with E-state index in [4.69, 9.17) is 5.11 Å². The lowest BCUT2D eigenvalue weighted by molar-refractivity contribution is -0.135. The van der Waals surface area contributed by atoms with Crippen LogP contribution in [0.15, 0.2) is 29.2 Å².